The molecule has 1 heterocycles. The third-order valence-corrected chi connectivity index (χ3v) is 3.16. The Morgan fingerprint density at radius 3 is 2.60 bits per heavy atom. The van der Waals surface area contributed by atoms with Crippen molar-refractivity contribution >= 4 is 11.6 Å². The second-order valence-electron chi connectivity index (χ2n) is 4.99. The highest BCUT2D eigenvalue weighted by molar-refractivity contribution is 5.91. The molecule has 0 aliphatic carbocycles. The van der Waals surface area contributed by atoms with Crippen molar-refractivity contribution in [3.8, 4) is 0 Å². The van der Waals surface area contributed by atoms with Crippen LogP contribution in [0, 0.1) is 0 Å². The van der Waals surface area contributed by atoms with E-state index in [1.54, 1.807) is 6.26 Å². The number of furan rings is 1. The van der Waals surface area contributed by atoms with Crippen LogP contribution in [0.3, 0.4) is 0 Å². The molecule has 1 aromatic carbocycles. The van der Waals surface area contributed by atoms with E-state index in [0.29, 0.717) is 13.1 Å². The number of carbonyl (C=O) groups excluding carboxylic acids is 1. The van der Waals surface area contributed by atoms with Gasteiger partial charge in [-0.2, -0.15) is 0 Å². The van der Waals surface area contributed by atoms with Crippen LogP contribution in [0.2, 0.25) is 0 Å². The van der Waals surface area contributed by atoms with Gasteiger partial charge in [-0.05, 0) is 36.2 Å². The Hall–Kier alpha value is -2.07. The van der Waals surface area contributed by atoms with Crippen molar-refractivity contribution in [2.75, 3.05) is 18.9 Å². The topological polar surface area (TPSA) is 46.7 Å². The molecule has 0 aliphatic rings. The van der Waals surface area contributed by atoms with Crippen molar-refractivity contribution in [3.63, 3.8) is 0 Å². The van der Waals surface area contributed by atoms with E-state index in [2.05, 4.69) is 12.2 Å². The van der Waals surface area contributed by atoms with Crippen molar-refractivity contribution in [2.45, 2.75) is 19.9 Å². The van der Waals surface area contributed by atoms with Crippen LogP contribution in [0.4, 0.5) is 5.69 Å². The quantitative estimate of drug-likeness (QED) is 0.838. The monoisotopic (exact) mass is 273 g/mol. The Morgan fingerprint density at radius 2 is 2.00 bits per heavy atom. The Labute approximate surface area is 119 Å². The number of carbonyl (C=O) groups is 1. The van der Waals surface area contributed by atoms with Crippen molar-refractivity contribution < 1.29 is 14.1 Å². The summed E-state index contributed by atoms with van der Waals surface area (Å²) in [4.78, 5) is 13.0. The number of nitrogens with one attached hydrogen (secondary N) is 2. The lowest BCUT2D eigenvalue weighted by atomic mass is 10.1. The average Bonchev–Trinajstić information content (AvgIpc) is 2.92. The van der Waals surface area contributed by atoms with E-state index >= 15 is 0 Å². The summed E-state index contributed by atoms with van der Waals surface area (Å²) in [5.41, 5.74) is 2.11. The molecule has 0 saturated carbocycles. The van der Waals surface area contributed by atoms with Crippen LogP contribution in [0.15, 0.2) is 47.1 Å². The summed E-state index contributed by atoms with van der Waals surface area (Å²) >= 11 is 0. The fourth-order valence-corrected chi connectivity index (χ4v) is 2.08. The van der Waals surface area contributed by atoms with Crippen molar-refractivity contribution in [1.29, 1.82) is 0 Å². The second-order valence-corrected chi connectivity index (χ2v) is 4.99. The smallest absolute Gasteiger partial charge is 0.279 e. The zero-order valence-corrected chi connectivity index (χ0v) is 12.0. The van der Waals surface area contributed by atoms with Crippen LogP contribution in [0.1, 0.15) is 18.2 Å². The molecule has 4 nitrogen and oxygen atoms in total. The molecule has 0 spiro atoms. The lowest BCUT2D eigenvalue weighted by molar-refractivity contribution is -0.886. The molecule has 2 rings (SSSR count). The largest absolute Gasteiger partial charge is 0.463 e. The second kappa shape index (κ2) is 6.91. The molecule has 2 N–H and O–H groups in total. The lowest BCUT2D eigenvalue weighted by Gasteiger charge is -2.12. The first-order valence-electron chi connectivity index (χ1n) is 6.90. The van der Waals surface area contributed by atoms with Gasteiger partial charge in [0.2, 0.25) is 0 Å². The van der Waals surface area contributed by atoms with Gasteiger partial charge in [-0.25, -0.2) is 0 Å². The van der Waals surface area contributed by atoms with Crippen LogP contribution in [0.25, 0.3) is 0 Å². The van der Waals surface area contributed by atoms with E-state index in [4.69, 9.17) is 4.42 Å². The van der Waals surface area contributed by atoms with Crippen LogP contribution in [0.5, 0.6) is 0 Å². The number of amides is 1. The summed E-state index contributed by atoms with van der Waals surface area (Å²) in [6, 6.07) is 11.7. The molecule has 106 valence electrons. The van der Waals surface area contributed by atoms with Gasteiger partial charge >= 0.3 is 0 Å². The number of quaternary nitrogens is 1. The number of hydrogen-bond acceptors (Lipinski definition) is 2. The zero-order valence-electron chi connectivity index (χ0n) is 12.0. The highest BCUT2D eigenvalue weighted by Gasteiger charge is 2.11. The Kier molecular flexibility index (Phi) is 4.96. The van der Waals surface area contributed by atoms with Gasteiger partial charge in [0.1, 0.15) is 6.54 Å². The fraction of sp³-hybridized carbons (Fsp3) is 0.312. The van der Waals surface area contributed by atoms with E-state index in [9.17, 15) is 4.79 Å². The summed E-state index contributed by atoms with van der Waals surface area (Å²) in [6.07, 6.45) is 2.65. The molecule has 0 fully saturated rings. The molecule has 1 atom stereocenters. The van der Waals surface area contributed by atoms with E-state index in [-0.39, 0.29) is 5.91 Å². The summed E-state index contributed by atoms with van der Waals surface area (Å²) in [7, 11) is 1.97. The van der Waals surface area contributed by atoms with Gasteiger partial charge in [-0.1, -0.05) is 19.1 Å². The van der Waals surface area contributed by atoms with Crippen molar-refractivity contribution in [3.05, 3.63) is 54.0 Å². The Balaban J connectivity index is 1.82. The van der Waals surface area contributed by atoms with Crippen LogP contribution in [-0.4, -0.2) is 19.5 Å². The predicted octanol–water partition coefficient (Wildman–Crippen LogP) is 1.50. The molecule has 4 heteroatoms. The van der Waals surface area contributed by atoms with Crippen LogP contribution >= 0.6 is 0 Å². The van der Waals surface area contributed by atoms with Crippen molar-refractivity contribution in [2.24, 2.45) is 0 Å². The molecule has 0 bridgehead atoms. The van der Waals surface area contributed by atoms with Crippen molar-refractivity contribution in [1.82, 2.24) is 0 Å². The van der Waals surface area contributed by atoms with Gasteiger partial charge in [-0.3, -0.25) is 4.79 Å². The molecule has 1 unspecified atom stereocenters. The molecule has 0 saturated heterocycles. The van der Waals surface area contributed by atoms with Gasteiger partial charge in [0, 0.05) is 5.69 Å². The maximum atomic E-state index is 11.9. The first-order valence-corrected chi connectivity index (χ1v) is 6.90. The molecule has 1 aromatic heterocycles. The number of anilines is 1. The summed E-state index contributed by atoms with van der Waals surface area (Å²) in [6.45, 7) is 3.23. The van der Waals surface area contributed by atoms with Gasteiger partial charge in [0.15, 0.2) is 12.3 Å². The highest BCUT2D eigenvalue weighted by atomic mass is 16.3. The minimum Gasteiger partial charge on any atom is -0.463 e. The predicted molar refractivity (Wildman–Crippen MR) is 78.6 cm³/mol. The Bertz CT molecular complexity index is 532. The highest BCUT2D eigenvalue weighted by Crippen LogP contribution is 2.09. The minimum atomic E-state index is 0.0123. The van der Waals surface area contributed by atoms with E-state index in [0.717, 1.165) is 22.8 Å². The molecular weight excluding hydrogens is 252 g/mol. The van der Waals surface area contributed by atoms with Crippen LogP contribution < -0.4 is 10.2 Å². The number of hydrogen-bond donors (Lipinski definition) is 2. The molecule has 20 heavy (non-hydrogen) atoms. The molecular formula is C16H21N2O2+. The van der Waals surface area contributed by atoms with E-state index in [1.807, 2.05) is 43.4 Å². The first kappa shape index (κ1) is 14.3. The summed E-state index contributed by atoms with van der Waals surface area (Å²) in [5.74, 6) is 0.904. The maximum absolute atomic E-state index is 11.9. The zero-order chi connectivity index (χ0) is 14.4. The molecule has 0 aliphatic heterocycles. The third kappa shape index (κ3) is 4.24. The third-order valence-electron chi connectivity index (χ3n) is 3.16. The van der Waals surface area contributed by atoms with E-state index in [1.165, 1.54) is 5.56 Å². The number of likely N-dealkylation sites (N-methyl/N-ethyl adjacent to an activating group) is 1. The summed E-state index contributed by atoms with van der Waals surface area (Å²) in [5, 5.41) is 2.91. The lowest BCUT2D eigenvalue weighted by Crippen LogP contribution is -3.08. The molecule has 2 aromatic rings. The van der Waals surface area contributed by atoms with Gasteiger partial charge in [0.25, 0.3) is 5.91 Å². The molecule has 1 amide bonds. The first-order chi connectivity index (χ1) is 9.67. The molecule has 0 radical (unpaired) electrons. The fourth-order valence-electron chi connectivity index (χ4n) is 2.08. The average molecular weight is 273 g/mol. The number of rotatable bonds is 6. The number of benzene rings is 1. The maximum Gasteiger partial charge on any atom is 0.279 e. The van der Waals surface area contributed by atoms with Crippen LogP contribution in [-0.2, 0) is 17.8 Å². The number of aryl methyl sites for hydroxylation is 1. The standard InChI is InChI=1S/C16H20N2O2/c1-3-13-6-8-14(9-7-13)17-16(19)12-18(2)11-15-5-4-10-20-15/h4-10H,3,11-12H2,1-2H3,(H,17,19)/p+1. The summed E-state index contributed by atoms with van der Waals surface area (Å²) < 4.78 is 5.28. The van der Waals surface area contributed by atoms with E-state index < -0.39 is 0 Å². The SMILES string of the molecule is CCc1ccc(NC(=O)C[NH+](C)Cc2ccco2)cc1. The minimum absolute atomic E-state index is 0.0123. The van der Waals surface area contributed by atoms with Gasteiger partial charge in [-0.15, -0.1) is 0 Å². The van der Waals surface area contributed by atoms with Gasteiger partial charge in [0.05, 0.1) is 13.3 Å². The Morgan fingerprint density at radius 1 is 1.25 bits per heavy atom. The normalized spacial score (nSPS) is 12.1. The van der Waals surface area contributed by atoms with Gasteiger partial charge < -0.3 is 14.6 Å².